The molecule has 0 fully saturated rings. The van der Waals surface area contributed by atoms with Crippen LogP contribution in [0, 0.1) is 11.8 Å². The molecule has 0 unspecified atom stereocenters. The first-order chi connectivity index (χ1) is 4.66. The smallest absolute Gasteiger partial charge is 0.304 e. The predicted octanol–water partition coefficient (Wildman–Crippen LogP) is 0.202. The summed E-state index contributed by atoms with van der Waals surface area (Å²) in [6, 6.07) is -0.329. The fourth-order valence-corrected chi connectivity index (χ4v) is 0.530. The molecule has 0 radical (unpaired) electrons. The molecule has 0 saturated heterocycles. The van der Waals surface area contributed by atoms with Crippen LogP contribution < -0.4 is 5.73 Å². The van der Waals surface area contributed by atoms with Gasteiger partial charge in [0.1, 0.15) is 0 Å². The van der Waals surface area contributed by atoms with E-state index in [1.807, 2.05) is 0 Å². The van der Waals surface area contributed by atoms with E-state index in [0.29, 0.717) is 6.42 Å². The third-order valence-corrected chi connectivity index (χ3v) is 0.978. The Labute approximate surface area is 60.2 Å². The molecule has 0 spiro atoms. The van der Waals surface area contributed by atoms with Gasteiger partial charge in [0, 0.05) is 12.5 Å². The van der Waals surface area contributed by atoms with E-state index in [2.05, 4.69) is 11.8 Å². The van der Waals surface area contributed by atoms with Crippen LogP contribution in [0.1, 0.15) is 19.8 Å². The SMILES string of the molecule is CC#CC[C@H](N)CC(=O)O. The van der Waals surface area contributed by atoms with Crippen molar-refractivity contribution in [1.82, 2.24) is 0 Å². The first kappa shape index (κ1) is 8.99. The van der Waals surface area contributed by atoms with Gasteiger partial charge in [0.25, 0.3) is 0 Å². The van der Waals surface area contributed by atoms with Crippen LogP contribution in [0.25, 0.3) is 0 Å². The summed E-state index contributed by atoms with van der Waals surface area (Å²) in [4.78, 5) is 10.0. The van der Waals surface area contributed by atoms with E-state index < -0.39 is 5.97 Å². The van der Waals surface area contributed by atoms with Crippen molar-refractivity contribution >= 4 is 5.97 Å². The number of aliphatic carboxylic acids is 1. The van der Waals surface area contributed by atoms with Crippen molar-refractivity contribution in [3.63, 3.8) is 0 Å². The minimum atomic E-state index is -0.870. The molecule has 0 aliphatic carbocycles. The van der Waals surface area contributed by atoms with Crippen molar-refractivity contribution in [2.24, 2.45) is 5.73 Å². The van der Waals surface area contributed by atoms with Gasteiger partial charge in [-0.1, -0.05) is 0 Å². The monoisotopic (exact) mass is 141 g/mol. The molecule has 0 heterocycles. The van der Waals surface area contributed by atoms with Gasteiger partial charge < -0.3 is 10.8 Å². The number of carbonyl (C=O) groups is 1. The van der Waals surface area contributed by atoms with Crippen molar-refractivity contribution < 1.29 is 9.90 Å². The average molecular weight is 141 g/mol. The van der Waals surface area contributed by atoms with E-state index in [1.165, 1.54) is 0 Å². The first-order valence-corrected chi connectivity index (χ1v) is 3.03. The lowest BCUT2D eigenvalue weighted by Crippen LogP contribution is -2.22. The highest BCUT2D eigenvalue weighted by Gasteiger charge is 2.04. The molecule has 56 valence electrons. The van der Waals surface area contributed by atoms with Gasteiger partial charge in [-0.05, 0) is 6.92 Å². The number of hydrogen-bond acceptors (Lipinski definition) is 2. The van der Waals surface area contributed by atoms with Gasteiger partial charge in [-0.3, -0.25) is 4.79 Å². The van der Waals surface area contributed by atoms with Crippen LogP contribution in [0.4, 0.5) is 0 Å². The van der Waals surface area contributed by atoms with Crippen molar-refractivity contribution in [3.8, 4) is 11.8 Å². The largest absolute Gasteiger partial charge is 0.481 e. The fraction of sp³-hybridized carbons (Fsp3) is 0.571. The van der Waals surface area contributed by atoms with E-state index in [-0.39, 0.29) is 12.5 Å². The van der Waals surface area contributed by atoms with Gasteiger partial charge in [-0.2, -0.15) is 0 Å². The lowest BCUT2D eigenvalue weighted by molar-refractivity contribution is -0.137. The standard InChI is InChI=1S/C7H11NO2/c1-2-3-4-6(8)5-7(9)10/h6H,4-5,8H2,1H3,(H,9,10)/t6-/m0/s1. The van der Waals surface area contributed by atoms with E-state index >= 15 is 0 Å². The molecule has 1 atom stereocenters. The molecule has 0 bridgehead atoms. The molecule has 0 aliphatic heterocycles. The Morgan fingerprint density at radius 1 is 1.80 bits per heavy atom. The van der Waals surface area contributed by atoms with Crippen LogP contribution in [-0.2, 0) is 4.79 Å². The molecule has 0 aliphatic rings. The van der Waals surface area contributed by atoms with Crippen LogP contribution >= 0.6 is 0 Å². The number of rotatable bonds is 3. The molecule has 3 nitrogen and oxygen atoms in total. The molecule has 0 aromatic carbocycles. The topological polar surface area (TPSA) is 63.3 Å². The molecule has 0 aromatic heterocycles. The third kappa shape index (κ3) is 5.13. The summed E-state index contributed by atoms with van der Waals surface area (Å²) in [6.07, 6.45) is 0.456. The van der Waals surface area contributed by atoms with Crippen LogP contribution in [0.2, 0.25) is 0 Å². The van der Waals surface area contributed by atoms with E-state index in [1.54, 1.807) is 6.92 Å². The van der Waals surface area contributed by atoms with E-state index in [0.717, 1.165) is 0 Å². The summed E-state index contributed by atoms with van der Waals surface area (Å²) in [5.74, 6) is 4.49. The first-order valence-electron chi connectivity index (χ1n) is 3.03. The van der Waals surface area contributed by atoms with Crippen molar-refractivity contribution in [3.05, 3.63) is 0 Å². The minimum absolute atomic E-state index is 0.00528. The van der Waals surface area contributed by atoms with Gasteiger partial charge in [0.2, 0.25) is 0 Å². The maximum Gasteiger partial charge on any atom is 0.304 e. The Bertz CT molecular complexity index is 166. The highest BCUT2D eigenvalue weighted by molar-refractivity contribution is 5.67. The van der Waals surface area contributed by atoms with Crippen LogP contribution in [0.5, 0.6) is 0 Å². The zero-order valence-corrected chi connectivity index (χ0v) is 5.92. The maximum atomic E-state index is 10.0. The Balaban J connectivity index is 3.50. The van der Waals surface area contributed by atoms with Gasteiger partial charge in [0.15, 0.2) is 0 Å². The zero-order chi connectivity index (χ0) is 7.98. The summed E-state index contributed by atoms with van der Waals surface area (Å²) in [5, 5.41) is 8.26. The lowest BCUT2D eigenvalue weighted by atomic mass is 10.1. The lowest BCUT2D eigenvalue weighted by Gasteiger charge is -2.01. The van der Waals surface area contributed by atoms with Crippen LogP contribution in [0.3, 0.4) is 0 Å². The quantitative estimate of drug-likeness (QED) is 0.552. The van der Waals surface area contributed by atoms with Gasteiger partial charge in [-0.15, -0.1) is 11.8 Å². The second-order valence-corrected chi connectivity index (χ2v) is 1.99. The average Bonchev–Trinajstić information content (AvgIpc) is 1.82. The zero-order valence-electron chi connectivity index (χ0n) is 5.92. The molecule has 3 heteroatoms. The molecule has 0 aromatic rings. The van der Waals surface area contributed by atoms with Crippen molar-refractivity contribution in [1.29, 1.82) is 0 Å². The summed E-state index contributed by atoms with van der Waals surface area (Å²) >= 11 is 0. The fourth-order valence-electron chi connectivity index (χ4n) is 0.530. The molecule has 10 heavy (non-hydrogen) atoms. The van der Waals surface area contributed by atoms with Crippen molar-refractivity contribution in [2.45, 2.75) is 25.8 Å². The molecule has 0 amide bonds. The van der Waals surface area contributed by atoms with E-state index in [4.69, 9.17) is 10.8 Å². The van der Waals surface area contributed by atoms with Crippen LogP contribution in [-0.4, -0.2) is 17.1 Å². The van der Waals surface area contributed by atoms with Gasteiger partial charge >= 0.3 is 5.97 Å². The second kappa shape index (κ2) is 4.83. The summed E-state index contributed by atoms with van der Waals surface area (Å²) in [6.45, 7) is 1.70. The number of carboxylic acids is 1. The Morgan fingerprint density at radius 2 is 2.40 bits per heavy atom. The van der Waals surface area contributed by atoms with Crippen LogP contribution in [0.15, 0.2) is 0 Å². The number of carboxylic acid groups (broad SMARTS) is 1. The van der Waals surface area contributed by atoms with Gasteiger partial charge in [0.05, 0.1) is 6.42 Å². The Kier molecular flexibility index (Phi) is 4.34. The Hall–Kier alpha value is -1.01. The summed E-state index contributed by atoms with van der Waals surface area (Å²) in [5.41, 5.74) is 5.38. The molecule has 3 N–H and O–H groups in total. The molecular weight excluding hydrogens is 130 g/mol. The minimum Gasteiger partial charge on any atom is -0.481 e. The summed E-state index contributed by atoms with van der Waals surface area (Å²) < 4.78 is 0. The number of hydrogen-bond donors (Lipinski definition) is 2. The van der Waals surface area contributed by atoms with Crippen molar-refractivity contribution in [2.75, 3.05) is 0 Å². The normalized spacial score (nSPS) is 11.4. The summed E-state index contributed by atoms with van der Waals surface area (Å²) in [7, 11) is 0. The third-order valence-electron chi connectivity index (χ3n) is 0.978. The highest BCUT2D eigenvalue weighted by atomic mass is 16.4. The highest BCUT2D eigenvalue weighted by Crippen LogP contribution is 1.91. The number of nitrogens with two attached hydrogens (primary N) is 1. The molecule has 0 saturated carbocycles. The van der Waals surface area contributed by atoms with Gasteiger partial charge in [-0.25, -0.2) is 0 Å². The predicted molar refractivity (Wildman–Crippen MR) is 38.3 cm³/mol. The van der Waals surface area contributed by atoms with E-state index in [9.17, 15) is 4.79 Å². The molecule has 0 rings (SSSR count). The maximum absolute atomic E-state index is 10.0. The Morgan fingerprint density at radius 3 is 2.80 bits per heavy atom. The molecular formula is C7H11NO2. The second-order valence-electron chi connectivity index (χ2n) is 1.99.